The van der Waals surface area contributed by atoms with Crippen LogP contribution in [-0.4, -0.2) is 21.1 Å². The van der Waals surface area contributed by atoms with Gasteiger partial charge in [-0.15, -0.1) is 23.1 Å². The Morgan fingerprint density at radius 3 is 2.62 bits per heavy atom. The number of carbonyl (C=O) groups excluding carboxylic acids is 1. The van der Waals surface area contributed by atoms with Crippen molar-refractivity contribution in [2.75, 3.05) is 5.32 Å². The van der Waals surface area contributed by atoms with Crippen molar-refractivity contribution in [2.45, 2.75) is 24.0 Å². The van der Waals surface area contributed by atoms with Gasteiger partial charge >= 0.3 is 0 Å². The number of hydrogen-bond acceptors (Lipinski definition) is 6. The van der Waals surface area contributed by atoms with Crippen LogP contribution in [0.15, 0.2) is 34.5 Å². The number of aromatic nitrogens is 1. The fraction of sp³-hybridized carbons (Fsp3) is 0.231. The zero-order chi connectivity index (χ0) is 15.4. The normalized spacial score (nSPS) is 11.9. The number of benzene rings is 1. The first-order valence-electron chi connectivity index (χ1n) is 6.10. The largest absolute Gasteiger partial charge is 0.301 e. The molecular weight excluding hydrogens is 310 g/mol. The number of nitrogens with zero attached hydrogens (tertiary/aromatic N) is 2. The highest BCUT2D eigenvalue weighted by Crippen LogP contribution is 2.26. The Balaban J connectivity index is 1.95. The molecule has 0 fully saturated rings. The number of anilines is 1. The molecule has 1 N–H and O–H groups in total. The summed E-state index contributed by atoms with van der Waals surface area (Å²) in [6, 6.07) is 6.13. The Hall–Kier alpha value is -1.93. The molecule has 1 amide bonds. The molecule has 1 aromatic carbocycles. The zero-order valence-electron chi connectivity index (χ0n) is 11.4. The number of nitro groups is 1. The molecule has 1 aromatic heterocycles. The van der Waals surface area contributed by atoms with Gasteiger partial charge in [0, 0.05) is 22.4 Å². The van der Waals surface area contributed by atoms with Crippen molar-refractivity contribution in [1.29, 1.82) is 0 Å². The highest BCUT2D eigenvalue weighted by molar-refractivity contribution is 8.00. The quantitative estimate of drug-likeness (QED) is 0.517. The zero-order valence-corrected chi connectivity index (χ0v) is 13.0. The van der Waals surface area contributed by atoms with Gasteiger partial charge in [-0.25, -0.2) is 4.98 Å². The van der Waals surface area contributed by atoms with Crippen LogP contribution < -0.4 is 5.32 Å². The number of non-ortho nitro benzene ring substituents is 1. The van der Waals surface area contributed by atoms with E-state index in [0.29, 0.717) is 5.13 Å². The summed E-state index contributed by atoms with van der Waals surface area (Å²) in [5.74, 6) is -0.146. The highest BCUT2D eigenvalue weighted by atomic mass is 32.2. The summed E-state index contributed by atoms with van der Waals surface area (Å²) in [4.78, 5) is 27.1. The average molecular weight is 323 g/mol. The lowest BCUT2D eigenvalue weighted by Gasteiger charge is -2.10. The summed E-state index contributed by atoms with van der Waals surface area (Å²) in [6.45, 7) is 3.64. The average Bonchev–Trinajstić information content (AvgIpc) is 2.84. The molecule has 8 heteroatoms. The van der Waals surface area contributed by atoms with Crippen molar-refractivity contribution in [3.8, 4) is 0 Å². The molecule has 6 nitrogen and oxygen atoms in total. The minimum Gasteiger partial charge on any atom is -0.301 e. The number of rotatable bonds is 5. The van der Waals surface area contributed by atoms with Gasteiger partial charge in [0.05, 0.1) is 15.9 Å². The first-order chi connectivity index (χ1) is 9.95. The van der Waals surface area contributed by atoms with Gasteiger partial charge in [-0.05, 0) is 26.0 Å². The molecule has 1 unspecified atom stereocenters. The molecular formula is C13H13N3O3S2. The summed E-state index contributed by atoms with van der Waals surface area (Å²) in [5, 5.41) is 15.4. The number of nitrogens with one attached hydrogen (secondary N) is 1. The smallest absolute Gasteiger partial charge is 0.269 e. The molecule has 21 heavy (non-hydrogen) atoms. The maximum atomic E-state index is 12.0. The number of amides is 1. The SMILES string of the molecule is Cc1csc(NC(=O)C(C)Sc2ccc([N+](=O)[O-])cc2)n1. The van der Waals surface area contributed by atoms with Crippen LogP contribution >= 0.6 is 23.1 Å². The molecule has 0 aliphatic heterocycles. The number of thiazole rings is 1. The topological polar surface area (TPSA) is 85.1 Å². The third kappa shape index (κ3) is 4.27. The monoisotopic (exact) mass is 323 g/mol. The van der Waals surface area contributed by atoms with Crippen LogP contribution in [0.3, 0.4) is 0 Å². The van der Waals surface area contributed by atoms with Gasteiger partial charge in [-0.1, -0.05) is 0 Å². The van der Waals surface area contributed by atoms with E-state index in [2.05, 4.69) is 10.3 Å². The highest BCUT2D eigenvalue weighted by Gasteiger charge is 2.16. The summed E-state index contributed by atoms with van der Waals surface area (Å²) < 4.78 is 0. The Morgan fingerprint density at radius 1 is 1.43 bits per heavy atom. The van der Waals surface area contributed by atoms with Gasteiger partial charge in [0.1, 0.15) is 0 Å². The van der Waals surface area contributed by atoms with Crippen LogP contribution in [0.4, 0.5) is 10.8 Å². The van der Waals surface area contributed by atoms with Crippen LogP contribution in [0.25, 0.3) is 0 Å². The van der Waals surface area contributed by atoms with Crippen LogP contribution in [-0.2, 0) is 4.79 Å². The number of thioether (sulfide) groups is 1. The Labute approximate surface area is 129 Å². The summed E-state index contributed by atoms with van der Waals surface area (Å²) in [5.41, 5.74) is 0.903. The minimum absolute atomic E-state index is 0.0368. The second kappa shape index (κ2) is 6.68. The van der Waals surface area contributed by atoms with Crippen LogP contribution in [0.1, 0.15) is 12.6 Å². The molecule has 1 heterocycles. The third-order valence-corrected chi connectivity index (χ3v) is 4.57. The van der Waals surface area contributed by atoms with Crippen molar-refractivity contribution in [2.24, 2.45) is 0 Å². The predicted octanol–water partition coefficient (Wildman–Crippen LogP) is 3.48. The van der Waals surface area contributed by atoms with Gasteiger partial charge in [-0.3, -0.25) is 14.9 Å². The molecule has 2 rings (SSSR count). The second-order valence-electron chi connectivity index (χ2n) is 4.29. The van der Waals surface area contributed by atoms with E-state index in [-0.39, 0.29) is 16.8 Å². The van der Waals surface area contributed by atoms with Crippen molar-refractivity contribution in [1.82, 2.24) is 4.98 Å². The van der Waals surface area contributed by atoms with Gasteiger partial charge < -0.3 is 5.32 Å². The van der Waals surface area contributed by atoms with E-state index >= 15 is 0 Å². The molecule has 0 radical (unpaired) electrons. The number of aryl methyl sites for hydroxylation is 1. The Morgan fingerprint density at radius 2 is 2.10 bits per heavy atom. The van der Waals surface area contributed by atoms with E-state index in [0.717, 1.165) is 10.6 Å². The second-order valence-corrected chi connectivity index (χ2v) is 6.57. The first-order valence-corrected chi connectivity index (χ1v) is 7.86. The van der Waals surface area contributed by atoms with Crippen molar-refractivity contribution in [3.05, 3.63) is 45.5 Å². The van der Waals surface area contributed by atoms with Crippen LogP contribution in [0.5, 0.6) is 0 Å². The number of hydrogen-bond donors (Lipinski definition) is 1. The molecule has 0 saturated carbocycles. The molecule has 0 aliphatic rings. The maximum absolute atomic E-state index is 12.0. The Bertz CT molecular complexity index is 655. The van der Waals surface area contributed by atoms with E-state index in [4.69, 9.17) is 0 Å². The molecule has 0 spiro atoms. The third-order valence-electron chi connectivity index (χ3n) is 2.58. The first kappa shape index (κ1) is 15.5. The van der Waals surface area contributed by atoms with E-state index in [1.54, 1.807) is 19.1 Å². The van der Waals surface area contributed by atoms with Gasteiger partial charge in [-0.2, -0.15) is 0 Å². The summed E-state index contributed by atoms with van der Waals surface area (Å²) >= 11 is 2.72. The van der Waals surface area contributed by atoms with Crippen molar-refractivity contribution < 1.29 is 9.72 Å². The van der Waals surface area contributed by atoms with Crippen LogP contribution in [0.2, 0.25) is 0 Å². The lowest BCUT2D eigenvalue weighted by atomic mass is 10.3. The molecule has 1 atom stereocenters. The van der Waals surface area contributed by atoms with E-state index in [1.165, 1.54) is 35.2 Å². The van der Waals surface area contributed by atoms with Gasteiger partial charge in [0.2, 0.25) is 5.91 Å². The lowest BCUT2D eigenvalue weighted by Crippen LogP contribution is -2.22. The fourth-order valence-electron chi connectivity index (χ4n) is 1.52. The Kier molecular flexibility index (Phi) is 4.92. The molecule has 110 valence electrons. The predicted molar refractivity (Wildman–Crippen MR) is 83.9 cm³/mol. The minimum atomic E-state index is -0.449. The molecule has 0 saturated heterocycles. The summed E-state index contributed by atoms with van der Waals surface area (Å²) in [7, 11) is 0. The lowest BCUT2D eigenvalue weighted by molar-refractivity contribution is -0.384. The van der Waals surface area contributed by atoms with Gasteiger partial charge in [0.25, 0.3) is 5.69 Å². The van der Waals surface area contributed by atoms with E-state index in [9.17, 15) is 14.9 Å². The number of nitro benzene ring substituents is 1. The fourth-order valence-corrected chi connectivity index (χ4v) is 3.08. The summed E-state index contributed by atoms with van der Waals surface area (Å²) in [6.07, 6.45) is 0. The molecule has 2 aromatic rings. The van der Waals surface area contributed by atoms with E-state index < -0.39 is 4.92 Å². The van der Waals surface area contributed by atoms with Crippen LogP contribution in [0, 0.1) is 17.0 Å². The van der Waals surface area contributed by atoms with Crippen molar-refractivity contribution >= 4 is 39.8 Å². The standard InChI is InChI=1S/C13H13N3O3S2/c1-8-7-20-13(14-8)15-12(17)9(2)21-11-5-3-10(4-6-11)16(18)19/h3-7,9H,1-2H3,(H,14,15,17). The maximum Gasteiger partial charge on any atom is 0.269 e. The molecule has 0 bridgehead atoms. The van der Waals surface area contributed by atoms with Crippen molar-refractivity contribution in [3.63, 3.8) is 0 Å². The van der Waals surface area contributed by atoms with E-state index in [1.807, 2.05) is 12.3 Å². The van der Waals surface area contributed by atoms with Gasteiger partial charge in [0.15, 0.2) is 5.13 Å². The number of carbonyl (C=O) groups is 1. The molecule has 0 aliphatic carbocycles.